The van der Waals surface area contributed by atoms with Crippen molar-refractivity contribution in [1.29, 1.82) is 0 Å². The highest BCUT2D eigenvalue weighted by Crippen LogP contribution is 2.38. The lowest BCUT2D eigenvalue weighted by Crippen LogP contribution is -2.40. The SMILES string of the molecule is CNC(=O)c1c(-c2ccc(-n3ccc(C(F)(F)F)n3)cc2)oc2nc(-n3ccc(C(F)(F)F)n3)c(-c3cccc(C(=O)NC(C)(C)C)c3)cc12. The normalized spacial score (nSPS) is 12.4. The van der Waals surface area contributed by atoms with E-state index in [1.165, 1.54) is 37.4 Å². The molecular weight excluding hydrogens is 668 g/mol. The van der Waals surface area contributed by atoms with Gasteiger partial charge in [-0.1, -0.05) is 12.1 Å². The van der Waals surface area contributed by atoms with E-state index in [0.29, 0.717) is 16.8 Å². The van der Waals surface area contributed by atoms with Crippen LogP contribution in [0.15, 0.2) is 83.5 Å². The van der Waals surface area contributed by atoms with E-state index in [9.17, 15) is 35.9 Å². The first kappa shape index (κ1) is 34.0. The van der Waals surface area contributed by atoms with Gasteiger partial charge in [-0.25, -0.2) is 9.36 Å². The van der Waals surface area contributed by atoms with Crippen LogP contribution in [0.3, 0.4) is 0 Å². The molecule has 0 bridgehead atoms. The molecule has 0 aliphatic heterocycles. The monoisotopic (exact) mass is 695 g/mol. The zero-order valence-corrected chi connectivity index (χ0v) is 26.7. The Bertz CT molecular complexity index is 2240. The molecule has 0 aliphatic rings. The van der Waals surface area contributed by atoms with Gasteiger partial charge >= 0.3 is 12.4 Å². The molecule has 6 aromatic rings. The maximum absolute atomic E-state index is 13.6. The predicted octanol–water partition coefficient (Wildman–Crippen LogP) is 7.46. The number of furan rings is 1. The minimum Gasteiger partial charge on any atom is -0.437 e. The highest BCUT2D eigenvalue weighted by Gasteiger charge is 2.35. The fourth-order valence-electron chi connectivity index (χ4n) is 5.17. The Kier molecular flexibility index (Phi) is 8.28. The molecule has 2 amide bonds. The Morgan fingerprint density at radius 3 is 1.96 bits per heavy atom. The van der Waals surface area contributed by atoms with Crippen LogP contribution in [0.5, 0.6) is 0 Å². The fraction of sp³-hybridized carbons (Fsp3) is 0.206. The van der Waals surface area contributed by atoms with Crippen LogP contribution in [0.25, 0.3) is 45.1 Å². The Labute approximate surface area is 279 Å². The smallest absolute Gasteiger partial charge is 0.435 e. The average molecular weight is 696 g/mol. The Hall–Kier alpha value is -5.93. The molecular formula is C34H27F6N7O3. The topological polar surface area (TPSA) is 120 Å². The van der Waals surface area contributed by atoms with Gasteiger partial charge in [0.15, 0.2) is 17.2 Å². The van der Waals surface area contributed by atoms with E-state index in [2.05, 4.69) is 25.8 Å². The quantitative estimate of drug-likeness (QED) is 0.175. The third-order valence-corrected chi connectivity index (χ3v) is 7.41. The standard InChI is InChI=1S/C34H27F6N7O3/c1-32(2,3)43-29(48)20-7-5-6-19(16-20)22-17-23-26(30(49)41-4)27(50-31(23)42-28(22)47-15-13-25(45-47)34(38,39)40)18-8-10-21(11-9-18)46-14-12-24(44-46)33(35,36)37/h5-17H,1-4H3,(H,41,49)(H,43,48). The number of carbonyl (C=O) groups excluding carboxylic acids is 2. The number of hydrogen-bond acceptors (Lipinski definition) is 6. The van der Waals surface area contributed by atoms with Crippen molar-refractivity contribution in [2.45, 2.75) is 38.7 Å². The van der Waals surface area contributed by atoms with Gasteiger partial charge in [-0.2, -0.15) is 41.5 Å². The van der Waals surface area contributed by atoms with Crippen LogP contribution in [-0.2, 0) is 12.4 Å². The molecule has 0 saturated heterocycles. The van der Waals surface area contributed by atoms with E-state index < -0.39 is 41.1 Å². The summed E-state index contributed by atoms with van der Waals surface area (Å²) in [7, 11) is 1.40. The van der Waals surface area contributed by atoms with E-state index >= 15 is 0 Å². The summed E-state index contributed by atoms with van der Waals surface area (Å²) in [6.45, 7) is 5.43. The second kappa shape index (κ2) is 12.2. The number of nitrogens with zero attached hydrogens (tertiary/aromatic N) is 5. The first-order valence-electron chi connectivity index (χ1n) is 14.9. The van der Waals surface area contributed by atoms with E-state index in [4.69, 9.17) is 4.42 Å². The van der Waals surface area contributed by atoms with Gasteiger partial charge in [0.2, 0.25) is 5.71 Å². The summed E-state index contributed by atoms with van der Waals surface area (Å²) in [5.41, 5.74) is -1.37. The minimum atomic E-state index is -4.75. The second-order valence-corrected chi connectivity index (χ2v) is 12.2. The molecule has 0 unspecified atom stereocenters. The van der Waals surface area contributed by atoms with E-state index in [-0.39, 0.29) is 39.4 Å². The van der Waals surface area contributed by atoms with Crippen LogP contribution in [0, 0.1) is 0 Å². The number of benzene rings is 2. The summed E-state index contributed by atoms with van der Waals surface area (Å²) in [6.07, 6.45) is -7.14. The van der Waals surface area contributed by atoms with Crippen LogP contribution < -0.4 is 10.6 Å². The van der Waals surface area contributed by atoms with Crippen molar-refractivity contribution in [3.05, 3.63) is 102 Å². The molecule has 0 radical (unpaired) electrons. The Morgan fingerprint density at radius 1 is 0.760 bits per heavy atom. The molecule has 4 heterocycles. The molecule has 16 heteroatoms. The highest BCUT2D eigenvalue weighted by atomic mass is 19.4. The van der Waals surface area contributed by atoms with Crippen LogP contribution >= 0.6 is 0 Å². The van der Waals surface area contributed by atoms with Crippen molar-refractivity contribution < 1.29 is 40.3 Å². The number of hydrogen-bond donors (Lipinski definition) is 2. The van der Waals surface area contributed by atoms with Gasteiger partial charge < -0.3 is 15.1 Å². The molecule has 10 nitrogen and oxygen atoms in total. The highest BCUT2D eigenvalue weighted by molar-refractivity contribution is 6.11. The van der Waals surface area contributed by atoms with Crippen molar-refractivity contribution in [1.82, 2.24) is 35.2 Å². The lowest BCUT2D eigenvalue weighted by atomic mass is 9.99. The number of carbonyl (C=O) groups is 2. The zero-order chi connectivity index (χ0) is 36.2. The van der Waals surface area contributed by atoms with E-state index in [1.807, 2.05) is 20.8 Å². The Morgan fingerprint density at radius 2 is 1.38 bits per heavy atom. The number of rotatable bonds is 6. The van der Waals surface area contributed by atoms with Gasteiger partial charge in [-0.15, -0.1) is 0 Å². The molecule has 6 rings (SSSR count). The third-order valence-electron chi connectivity index (χ3n) is 7.41. The largest absolute Gasteiger partial charge is 0.437 e. The van der Waals surface area contributed by atoms with Gasteiger partial charge in [-0.05, 0) is 80.9 Å². The Balaban J connectivity index is 1.53. The van der Waals surface area contributed by atoms with E-state index in [1.54, 1.807) is 24.3 Å². The molecule has 0 aliphatic carbocycles. The molecule has 2 N–H and O–H groups in total. The lowest BCUT2D eigenvalue weighted by Gasteiger charge is -2.20. The number of fused-ring (bicyclic) bond motifs is 1. The average Bonchev–Trinajstić information content (AvgIpc) is 3.82. The van der Waals surface area contributed by atoms with Gasteiger partial charge in [0, 0.05) is 41.7 Å². The van der Waals surface area contributed by atoms with Crippen molar-refractivity contribution in [3.8, 4) is 34.0 Å². The number of nitrogens with one attached hydrogen (secondary N) is 2. The molecule has 258 valence electrons. The summed E-state index contributed by atoms with van der Waals surface area (Å²) in [4.78, 5) is 30.9. The summed E-state index contributed by atoms with van der Waals surface area (Å²) in [5, 5.41) is 12.9. The van der Waals surface area contributed by atoms with Crippen LogP contribution in [0.1, 0.15) is 52.9 Å². The maximum Gasteiger partial charge on any atom is 0.435 e. The summed E-state index contributed by atoms with van der Waals surface area (Å²) >= 11 is 0. The number of pyridine rings is 1. The molecule has 0 spiro atoms. The predicted molar refractivity (Wildman–Crippen MR) is 170 cm³/mol. The summed E-state index contributed by atoms with van der Waals surface area (Å²) in [5.74, 6) is -1.02. The number of alkyl halides is 6. The van der Waals surface area contributed by atoms with Crippen molar-refractivity contribution >= 4 is 22.9 Å². The van der Waals surface area contributed by atoms with E-state index in [0.717, 1.165) is 33.9 Å². The summed E-state index contributed by atoms with van der Waals surface area (Å²) < 4.78 is 88.0. The molecule has 0 fully saturated rings. The maximum atomic E-state index is 13.6. The van der Waals surface area contributed by atoms with Crippen LogP contribution in [0.4, 0.5) is 26.3 Å². The molecule has 50 heavy (non-hydrogen) atoms. The summed E-state index contributed by atoms with van der Waals surface area (Å²) in [6, 6.07) is 15.5. The number of aromatic nitrogens is 5. The van der Waals surface area contributed by atoms with Crippen molar-refractivity contribution in [3.63, 3.8) is 0 Å². The fourth-order valence-corrected chi connectivity index (χ4v) is 5.17. The van der Waals surface area contributed by atoms with Crippen molar-refractivity contribution in [2.75, 3.05) is 7.05 Å². The van der Waals surface area contributed by atoms with Crippen molar-refractivity contribution in [2.24, 2.45) is 0 Å². The van der Waals surface area contributed by atoms with Crippen LogP contribution in [-0.4, -0.2) is 48.9 Å². The van der Waals surface area contributed by atoms with Gasteiger partial charge in [0.05, 0.1) is 16.6 Å². The molecule has 4 aromatic heterocycles. The van der Waals surface area contributed by atoms with Gasteiger partial charge in [0.25, 0.3) is 11.8 Å². The van der Waals surface area contributed by atoms with Gasteiger partial charge in [0.1, 0.15) is 5.76 Å². The first-order valence-corrected chi connectivity index (χ1v) is 14.9. The third kappa shape index (κ3) is 6.68. The zero-order valence-electron chi connectivity index (χ0n) is 26.7. The first-order chi connectivity index (χ1) is 23.4. The second-order valence-electron chi connectivity index (χ2n) is 12.2. The number of halogens is 6. The molecule has 0 saturated carbocycles. The number of amides is 2. The van der Waals surface area contributed by atoms with Crippen LogP contribution in [0.2, 0.25) is 0 Å². The van der Waals surface area contributed by atoms with Gasteiger partial charge in [-0.3, -0.25) is 9.59 Å². The molecule has 0 atom stereocenters. The lowest BCUT2D eigenvalue weighted by molar-refractivity contribution is -0.142. The molecule has 2 aromatic carbocycles. The minimum absolute atomic E-state index is 0.0343.